The Bertz CT molecular complexity index is 1060. The fourth-order valence-electron chi connectivity index (χ4n) is 4.62. The second kappa shape index (κ2) is 9.25. The molecule has 0 bridgehead atoms. The van der Waals surface area contributed by atoms with Crippen LogP contribution in [0, 0.1) is 0 Å². The molecule has 7 heteroatoms. The molecule has 1 saturated carbocycles. The zero-order valence-electron chi connectivity index (χ0n) is 18.1. The molecule has 1 amide bonds. The van der Waals surface area contributed by atoms with Gasteiger partial charge in [-0.15, -0.1) is 0 Å². The molecule has 1 heterocycles. The Morgan fingerprint density at radius 2 is 1.81 bits per heavy atom. The highest BCUT2D eigenvalue weighted by atomic mass is 35.5. The molecule has 168 valence electrons. The normalized spacial score (nSPS) is 20.7. The van der Waals surface area contributed by atoms with E-state index in [1.807, 2.05) is 31.2 Å². The Balaban J connectivity index is 1.84. The van der Waals surface area contributed by atoms with Gasteiger partial charge < -0.3 is 19.5 Å². The summed E-state index contributed by atoms with van der Waals surface area (Å²) in [6.07, 6.45) is 3.71. The van der Waals surface area contributed by atoms with Crippen LogP contribution < -0.4 is 9.47 Å². The van der Waals surface area contributed by atoms with E-state index in [1.165, 1.54) is 13.2 Å². The summed E-state index contributed by atoms with van der Waals surface area (Å²) in [4.78, 5) is 27.9. The highest BCUT2D eigenvalue weighted by Gasteiger charge is 2.49. The number of amides is 1. The number of benzene rings is 2. The van der Waals surface area contributed by atoms with Crippen LogP contribution in [-0.2, 0) is 9.59 Å². The van der Waals surface area contributed by atoms with Crippen LogP contribution in [0.15, 0.2) is 48.0 Å². The summed E-state index contributed by atoms with van der Waals surface area (Å²) in [6.45, 7) is 2.45. The first-order valence-corrected chi connectivity index (χ1v) is 11.2. The van der Waals surface area contributed by atoms with Crippen molar-refractivity contribution >= 4 is 29.1 Å². The summed E-state index contributed by atoms with van der Waals surface area (Å²) < 4.78 is 10.7. The monoisotopic (exact) mass is 455 g/mol. The average Bonchev–Trinajstić information content (AvgIpc) is 3.41. The Labute approximate surface area is 192 Å². The number of aliphatic hydroxyl groups excluding tert-OH is 1. The molecule has 1 aliphatic heterocycles. The number of Topliss-reactive ketones (excluding diaryl/α,β-unsaturated/α-hetero) is 1. The third-order valence-electron chi connectivity index (χ3n) is 6.13. The maximum absolute atomic E-state index is 13.2. The van der Waals surface area contributed by atoms with E-state index in [-0.39, 0.29) is 17.4 Å². The van der Waals surface area contributed by atoms with Crippen molar-refractivity contribution in [2.24, 2.45) is 0 Å². The minimum Gasteiger partial charge on any atom is -0.507 e. The summed E-state index contributed by atoms with van der Waals surface area (Å²) in [5.74, 6) is -0.335. The van der Waals surface area contributed by atoms with Crippen molar-refractivity contribution in [3.05, 3.63) is 64.2 Å². The van der Waals surface area contributed by atoms with Gasteiger partial charge in [0.25, 0.3) is 11.7 Å². The molecule has 2 aliphatic rings. The molecule has 1 unspecified atom stereocenters. The lowest BCUT2D eigenvalue weighted by Crippen LogP contribution is -2.37. The van der Waals surface area contributed by atoms with Gasteiger partial charge in [0.05, 0.1) is 30.4 Å². The lowest BCUT2D eigenvalue weighted by Gasteiger charge is -2.30. The van der Waals surface area contributed by atoms with Crippen molar-refractivity contribution in [3.8, 4) is 11.5 Å². The molecule has 2 fully saturated rings. The molecule has 0 aromatic heterocycles. The first-order valence-electron chi connectivity index (χ1n) is 10.8. The van der Waals surface area contributed by atoms with Crippen LogP contribution in [-0.4, -0.2) is 41.5 Å². The minimum absolute atomic E-state index is 0.0345. The summed E-state index contributed by atoms with van der Waals surface area (Å²) >= 11 is 6.24. The molecule has 1 saturated heterocycles. The van der Waals surface area contributed by atoms with Crippen molar-refractivity contribution in [3.63, 3.8) is 0 Å². The van der Waals surface area contributed by atoms with E-state index in [9.17, 15) is 14.7 Å². The quantitative estimate of drug-likeness (QED) is 0.372. The van der Waals surface area contributed by atoms with Gasteiger partial charge in [-0.3, -0.25) is 9.59 Å². The molecule has 0 spiro atoms. The predicted octanol–water partition coefficient (Wildman–Crippen LogP) is 5.11. The standard InChI is InChI=1S/C25H26ClNO5/c1-3-32-18-11-8-15(9-12-18)22-21(23(28)16-10-13-20(31-2)19(26)14-16)24(29)25(30)27(22)17-6-4-5-7-17/h8-14,17,22,28H,3-7H2,1-2H3/b23-21-. The smallest absolute Gasteiger partial charge is 0.295 e. The maximum Gasteiger partial charge on any atom is 0.295 e. The molecule has 1 atom stereocenters. The Morgan fingerprint density at radius 3 is 2.41 bits per heavy atom. The van der Waals surface area contributed by atoms with E-state index in [0.29, 0.717) is 28.7 Å². The Morgan fingerprint density at radius 1 is 1.12 bits per heavy atom. The van der Waals surface area contributed by atoms with Gasteiger partial charge in [0.1, 0.15) is 17.3 Å². The topological polar surface area (TPSA) is 76.1 Å². The van der Waals surface area contributed by atoms with Crippen molar-refractivity contribution in [2.45, 2.75) is 44.7 Å². The van der Waals surface area contributed by atoms with Gasteiger partial charge in [-0.05, 0) is 55.7 Å². The highest BCUT2D eigenvalue weighted by Crippen LogP contribution is 2.44. The zero-order valence-corrected chi connectivity index (χ0v) is 18.9. The van der Waals surface area contributed by atoms with E-state index in [2.05, 4.69) is 0 Å². The predicted molar refractivity (Wildman–Crippen MR) is 122 cm³/mol. The van der Waals surface area contributed by atoms with Gasteiger partial charge in [-0.25, -0.2) is 0 Å². The number of halogens is 1. The highest BCUT2D eigenvalue weighted by molar-refractivity contribution is 6.46. The van der Waals surface area contributed by atoms with Gasteiger partial charge in [-0.2, -0.15) is 0 Å². The number of likely N-dealkylation sites (tertiary alicyclic amines) is 1. The lowest BCUT2D eigenvalue weighted by atomic mass is 9.94. The lowest BCUT2D eigenvalue weighted by molar-refractivity contribution is -0.141. The van der Waals surface area contributed by atoms with E-state index < -0.39 is 17.7 Å². The molecule has 2 aromatic rings. The van der Waals surface area contributed by atoms with Crippen LogP contribution in [0.5, 0.6) is 11.5 Å². The third kappa shape index (κ3) is 3.95. The molecule has 32 heavy (non-hydrogen) atoms. The first-order chi connectivity index (χ1) is 15.5. The van der Waals surface area contributed by atoms with Gasteiger partial charge in [0.2, 0.25) is 0 Å². The van der Waals surface area contributed by atoms with Crippen molar-refractivity contribution < 1.29 is 24.2 Å². The molecule has 4 rings (SSSR count). The van der Waals surface area contributed by atoms with Crippen LogP contribution >= 0.6 is 11.6 Å². The maximum atomic E-state index is 13.2. The zero-order chi connectivity index (χ0) is 22.8. The van der Waals surface area contributed by atoms with Gasteiger partial charge in [-0.1, -0.05) is 36.6 Å². The largest absolute Gasteiger partial charge is 0.507 e. The summed E-state index contributed by atoms with van der Waals surface area (Å²) in [7, 11) is 1.50. The van der Waals surface area contributed by atoms with E-state index in [1.54, 1.807) is 17.0 Å². The third-order valence-corrected chi connectivity index (χ3v) is 6.43. The number of ether oxygens (including phenoxy) is 2. The van der Waals surface area contributed by atoms with Gasteiger partial charge >= 0.3 is 0 Å². The molecule has 2 aromatic carbocycles. The van der Waals surface area contributed by atoms with Gasteiger partial charge in [0, 0.05) is 11.6 Å². The fourth-order valence-corrected chi connectivity index (χ4v) is 4.88. The fraction of sp³-hybridized carbons (Fsp3) is 0.360. The molecular formula is C25H26ClNO5. The number of hydrogen-bond donors (Lipinski definition) is 1. The Hall–Kier alpha value is -2.99. The molecule has 6 nitrogen and oxygen atoms in total. The number of carbonyl (C=O) groups excluding carboxylic acids is 2. The Kier molecular flexibility index (Phi) is 6.42. The number of methoxy groups -OCH3 is 1. The van der Waals surface area contributed by atoms with Crippen molar-refractivity contribution in [2.75, 3.05) is 13.7 Å². The molecule has 0 radical (unpaired) electrons. The summed E-state index contributed by atoms with van der Waals surface area (Å²) in [5, 5.41) is 11.5. The number of ketones is 1. The van der Waals surface area contributed by atoms with Crippen molar-refractivity contribution in [1.82, 2.24) is 4.90 Å². The number of aliphatic hydroxyl groups is 1. The van der Waals surface area contributed by atoms with Crippen LogP contribution in [0.1, 0.15) is 49.8 Å². The van der Waals surface area contributed by atoms with Crippen LogP contribution in [0.2, 0.25) is 5.02 Å². The van der Waals surface area contributed by atoms with E-state index >= 15 is 0 Å². The van der Waals surface area contributed by atoms with Crippen LogP contribution in [0.3, 0.4) is 0 Å². The second-order valence-corrected chi connectivity index (χ2v) is 8.40. The number of carbonyl (C=O) groups is 2. The van der Waals surface area contributed by atoms with Gasteiger partial charge in [0.15, 0.2) is 0 Å². The molecule has 1 N–H and O–H groups in total. The number of hydrogen-bond acceptors (Lipinski definition) is 5. The van der Waals surface area contributed by atoms with Crippen molar-refractivity contribution in [1.29, 1.82) is 0 Å². The summed E-state index contributed by atoms with van der Waals surface area (Å²) in [6, 6.07) is 11.4. The van der Waals surface area contributed by atoms with Crippen LogP contribution in [0.25, 0.3) is 5.76 Å². The summed E-state index contributed by atoms with van der Waals surface area (Å²) in [5.41, 5.74) is 1.18. The second-order valence-electron chi connectivity index (χ2n) is 8.00. The first kappa shape index (κ1) is 22.2. The molecular weight excluding hydrogens is 430 g/mol. The van der Waals surface area contributed by atoms with E-state index in [4.69, 9.17) is 21.1 Å². The number of rotatable bonds is 6. The SMILES string of the molecule is CCOc1ccc(C2/C(=C(/O)c3ccc(OC)c(Cl)c3)C(=O)C(=O)N2C2CCCC2)cc1. The average molecular weight is 456 g/mol. The van der Waals surface area contributed by atoms with E-state index in [0.717, 1.165) is 31.2 Å². The van der Waals surface area contributed by atoms with Crippen LogP contribution in [0.4, 0.5) is 0 Å². The molecule has 1 aliphatic carbocycles. The number of nitrogens with zero attached hydrogens (tertiary/aromatic N) is 1. The minimum atomic E-state index is -0.680.